The van der Waals surface area contributed by atoms with E-state index in [1.54, 1.807) is 11.8 Å². The van der Waals surface area contributed by atoms with Crippen LogP contribution >= 0.6 is 11.8 Å². The SMILES string of the molecule is CSCCCCNC(=O)c1ccnc(N)c1F. The lowest BCUT2D eigenvalue weighted by atomic mass is 10.2. The number of nitrogens with two attached hydrogens (primary N) is 1. The molecule has 6 heteroatoms. The number of anilines is 1. The molecule has 1 rings (SSSR count). The molecule has 0 saturated carbocycles. The number of rotatable bonds is 6. The molecule has 3 N–H and O–H groups in total. The van der Waals surface area contributed by atoms with Crippen LogP contribution in [0.3, 0.4) is 0 Å². The Kier molecular flexibility index (Phi) is 5.76. The first kappa shape index (κ1) is 13.8. The molecule has 0 radical (unpaired) electrons. The van der Waals surface area contributed by atoms with Crippen molar-refractivity contribution in [3.63, 3.8) is 0 Å². The second kappa shape index (κ2) is 7.11. The molecule has 17 heavy (non-hydrogen) atoms. The topological polar surface area (TPSA) is 68.0 Å². The molecule has 1 heterocycles. The predicted octanol–water partition coefficient (Wildman–Crippen LogP) is 1.68. The number of hydrogen-bond donors (Lipinski definition) is 2. The van der Waals surface area contributed by atoms with E-state index in [1.165, 1.54) is 12.3 Å². The highest BCUT2D eigenvalue weighted by Gasteiger charge is 2.13. The van der Waals surface area contributed by atoms with Crippen molar-refractivity contribution in [3.8, 4) is 0 Å². The van der Waals surface area contributed by atoms with Crippen LogP contribution in [-0.4, -0.2) is 29.4 Å². The van der Waals surface area contributed by atoms with Crippen LogP contribution in [-0.2, 0) is 0 Å². The van der Waals surface area contributed by atoms with E-state index in [9.17, 15) is 9.18 Å². The minimum atomic E-state index is -0.755. The minimum absolute atomic E-state index is 0.0534. The van der Waals surface area contributed by atoms with Crippen molar-refractivity contribution in [2.75, 3.05) is 24.3 Å². The maximum Gasteiger partial charge on any atom is 0.254 e. The molecule has 0 bridgehead atoms. The molecule has 0 aromatic carbocycles. The van der Waals surface area contributed by atoms with Gasteiger partial charge in [0.05, 0.1) is 5.56 Å². The van der Waals surface area contributed by atoms with Crippen LogP contribution < -0.4 is 11.1 Å². The third kappa shape index (κ3) is 4.22. The van der Waals surface area contributed by atoms with Gasteiger partial charge in [-0.3, -0.25) is 4.79 Å². The Morgan fingerprint density at radius 3 is 3.06 bits per heavy atom. The van der Waals surface area contributed by atoms with Gasteiger partial charge < -0.3 is 11.1 Å². The monoisotopic (exact) mass is 257 g/mol. The molecule has 0 aliphatic rings. The summed E-state index contributed by atoms with van der Waals surface area (Å²) in [6, 6.07) is 1.32. The maximum absolute atomic E-state index is 13.4. The summed E-state index contributed by atoms with van der Waals surface area (Å²) < 4.78 is 13.4. The fraction of sp³-hybridized carbons (Fsp3) is 0.455. The van der Waals surface area contributed by atoms with E-state index in [4.69, 9.17) is 5.73 Å². The molecule has 0 aliphatic carbocycles. The number of amides is 1. The highest BCUT2D eigenvalue weighted by atomic mass is 32.2. The zero-order valence-corrected chi connectivity index (χ0v) is 10.5. The number of nitrogens with one attached hydrogen (secondary N) is 1. The summed E-state index contributed by atoms with van der Waals surface area (Å²) >= 11 is 1.76. The summed E-state index contributed by atoms with van der Waals surface area (Å²) in [4.78, 5) is 15.2. The third-order valence-corrected chi connectivity index (χ3v) is 2.92. The Balaban J connectivity index is 2.44. The molecular weight excluding hydrogens is 241 g/mol. The largest absolute Gasteiger partial charge is 0.381 e. The molecule has 1 amide bonds. The number of halogens is 1. The molecular formula is C11H16FN3OS. The lowest BCUT2D eigenvalue weighted by Crippen LogP contribution is -2.26. The molecule has 4 nitrogen and oxygen atoms in total. The summed E-state index contributed by atoms with van der Waals surface area (Å²) in [5.41, 5.74) is 5.23. The first-order valence-electron chi connectivity index (χ1n) is 5.34. The number of aromatic nitrogens is 1. The molecule has 1 aromatic heterocycles. The fourth-order valence-corrected chi connectivity index (χ4v) is 1.80. The average molecular weight is 257 g/mol. The van der Waals surface area contributed by atoms with Gasteiger partial charge in [-0.1, -0.05) is 0 Å². The van der Waals surface area contributed by atoms with Crippen molar-refractivity contribution < 1.29 is 9.18 Å². The van der Waals surface area contributed by atoms with Gasteiger partial charge in [0, 0.05) is 12.7 Å². The van der Waals surface area contributed by atoms with Crippen molar-refractivity contribution in [2.24, 2.45) is 0 Å². The zero-order chi connectivity index (χ0) is 12.7. The Bertz CT molecular complexity index is 387. The Hall–Kier alpha value is -1.30. The van der Waals surface area contributed by atoms with Crippen LogP contribution in [0.5, 0.6) is 0 Å². The van der Waals surface area contributed by atoms with Crippen LogP contribution in [0.2, 0.25) is 0 Å². The summed E-state index contributed by atoms with van der Waals surface area (Å²) in [5.74, 6) is -0.387. The smallest absolute Gasteiger partial charge is 0.254 e. The van der Waals surface area contributed by atoms with Crippen LogP contribution in [0.4, 0.5) is 10.2 Å². The second-order valence-electron chi connectivity index (χ2n) is 3.51. The lowest BCUT2D eigenvalue weighted by Gasteiger charge is -2.06. The van der Waals surface area contributed by atoms with E-state index in [-0.39, 0.29) is 11.4 Å². The van der Waals surface area contributed by atoms with Crippen LogP contribution in [0.1, 0.15) is 23.2 Å². The standard InChI is InChI=1S/C11H16FN3OS/c1-17-7-3-2-5-15-11(16)8-4-6-14-10(13)9(8)12/h4,6H,2-3,5,7H2,1H3,(H2,13,14)(H,15,16). The number of pyridine rings is 1. The lowest BCUT2D eigenvalue weighted by molar-refractivity contribution is 0.0949. The summed E-state index contributed by atoms with van der Waals surface area (Å²) in [7, 11) is 0. The summed E-state index contributed by atoms with van der Waals surface area (Å²) in [6.07, 6.45) is 5.27. The van der Waals surface area contributed by atoms with Crippen LogP contribution in [0.25, 0.3) is 0 Å². The van der Waals surface area contributed by atoms with E-state index in [0.29, 0.717) is 6.54 Å². The number of carbonyl (C=O) groups excluding carboxylic acids is 1. The molecule has 0 unspecified atom stereocenters. The second-order valence-corrected chi connectivity index (χ2v) is 4.50. The van der Waals surface area contributed by atoms with Crippen molar-refractivity contribution in [2.45, 2.75) is 12.8 Å². The molecule has 1 aromatic rings. The van der Waals surface area contributed by atoms with Gasteiger partial charge in [0.15, 0.2) is 11.6 Å². The van der Waals surface area contributed by atoms with E-state index in [0.717, 1.165) is 18.6 Å². The van der Waals surface area contributed by atoms with Gasteiger partial charge in [-0.15, -0.1) is 0 Å². The maximum atomic E-state index is 13.4. The van der Waals surface area contributed by atoms with Gasteiger partial charge >= 0.3 is 0 Å². The number of nitrogens with zero attached hydrogens (tertiary/aromatic N) is 1. The Labute approximate surface area is 104 Å². The normalized spacial score (nSPS) is 10.2. The molecule has 0 fully saturated rings. The molecule has 0 atom stereocenters. The average Bonchev–Trinajstić information content (AvgIpc) is 2.32. The van der Waals surface area contributed by atoms with E-state index < -0.39 is 11.7 Å². The van der Waals surface area contributed by atoms with Crippen molar-refractivity contribution in [1.29, 1.82) is 0 Å². The van der Waals surface area contributed by atoms with Gasteiger partial charge in [-0.05, 0) is 30.9 Å². The summed E-state index contributed by atoms with van der Waals surface area (Å²) in [5, 5.41) is 2.65. The van der Waals surface area contributed by atoms with E-state index in [2.05, 4.69) is 10.3 Å². The number of thioether (sulfide) groups is 1. The van der Waals surface area contributed by atoms with Crippen molar-refractivity contribution in [1.82, 2.24) is 10.3 Å². The molecule has 0 aliphatic heterocycles. The first-order valence-corrected chi connectivity index (χ1v) is 6.73. The number of nitrogen functional groups attached to an aromatic ring is 1. The Morgan fingerprint density at radius 1 is 1.59 bits per heavy atom. The molecule has 0 spiro atoms. The highest BCUT2D eigenvalue weighted by Crippen LogP contribution is 2.11. The van der Waals surface area contributed by atoms with Gasteiger partial charge in [-0.25, -0.2) is 9.37 Å². The quantitative estimate of drug-likeness (QED) is 0.761. The van der Waals surface area contributed by atoms with Crippen LogP contribution in [0, 0.1) is 5.82 Å². The minimum Gasteiger partial charge on any atom is -0.381 e. The Morgan fingerprint density at radius 2 is 2.35 bits per heavy atom. The molecule has 94 valence electrons. The van der Waals surface area contributed by atoms with E-state index in [1.807, 2.05) is 6.26 Å². The fourth-order valence-electron chi connectivity index (χ4n) is 1.30. The summed E-state index contributed by atoms with van der Waals surface area (Å²) in [6.45, 7) is 0.543. The first-order chi connectivity index (χ1) is 8.16. The van der Waals surface area contributed by atoms with Crippen molar-refractivity contribution in [3.05, 3.63) is 23.6 Å². The van der Waals surface area contributed by atoms with Crippen molar-refractivity contribution >= 4 is 23.5 Å². The van der Waals surface area contributed by atoms with Gasteiger partial charge in [0.2, 0.25) is 0 Å². The number of unbranched alkanes of at least 4 members (excludes halogenated alkanes) is 1. The third-order valence-electron chi connectivity index (χ3n) is 2.22. The van der Waals surface area contributed by atoms with Gasteiger partial charge in [-0.2, -0.15) is 11.8 Å². The number of carbonyl (C=O) groups is 1. The van der Waals surface area contributed by atoms with Crippen LogP contribution in [0.15, 0.2) is 12.3 Å². The number of hydrogen-bond acceptors (Lipinski definition) is 4. The molecule has 0 saturated heterocycles. The van der Waals surface area contributed by atoms with Gasteiger partial charge in [0.25, 0.3) is 5.91 Å². The predicted molar refractivity (Wildman–Crippen MR) is 68.6 cm³/mol. The zero-order valence-electron chi connectivity index (χ0n) is 9.70. The highest BCUT2D eigenvalue weighted by molar-refractivity contribution is 7.98. The van der Waals surface area contributed by atoms with Gasteiger partial charge in [0.1, 0.15) is 0 Å². The van der Waals surface area contributed by atoms with E-state index >= 15 is 0 Å².